The SMILES string of the molecule is O=S1(=O)CC2(CNC2)[C@H]1C(F)(F)F. The lowest BCUT2D eigenvalue weighted by Crippen LogP contribution is -2.76. The Balaban J connectivity index is 2.31. The van der Waals surface area contributed by atoms with Gasteiger partial charge in [0.15, 0.2) is 15.1 Å². The van der Waals surface area contributed by atoms with Gasteiger partial charge in [0.05, 0.1) is 5.75 Å². The van der Waals surface area contributed by atoms with Crippen LogP contribution < -0.4 is 5.32 Å². The van der Waals surface area contributed by atoms with E-state index in [1.807, 2.05) is 0 Å². The van der Waals surface area contributed by atoms with E-state index in [4.69, 9.17) is 0 Å². The molecule has 2 fully saturated rings. The summed E-state index contributed by atoms with van der Waals surface area (Å²) in [4.78, 5) is 0. The van der Waals surface area contributed by atoms with Gasteiger partial charge >= 0.3 is 6.18 Å². The monoisotopic (exact) mass is 215 g/mol. The van der Waals surface area contributed by atoms with Gasteiger partial charge in [-0.1, -0.05) is 0 Å². The Morgan fingerprint density at radius 2 is 1.85 bits per heavy atom. The summed E-state index contributed by atoms with van der Waals surface area (Å²) in [5.74, 6) is -0.322. The molecule has 0 aromatic heterocycles. The van der Waals surface area contributed by atoms with E-state index in [-0.39, 0.29) is 18.8 Å². The average Bonchev–Trinajstić information content (AvgIpc) is 1.73. The van der Waals surface area contributed by atoms with Gasteiger partial charge in [-0.15, -0.1) is 0 Å². The maximum Gasteiger partial charge on any atom is 0.406 e. The standard InChI is InChI=1S/C6H8F3NO2S/c7-6(8,9)4-5(1-10-2-5)3-13(4,11)12/h4,10H,1-3H2/t4-/m0/s1. The first-order valence-electron chi connectivity index (χ1n) is 3.77. The molecule has 1 atom stereocenters. The van der Waals surface area contributed by atoms with Crippen LogP contribution in [0, 0.1) is 5.41 Å². The molecule has 2 rings (SSSR count). The molecule has 76 valence electrons. The van der Waals surface area contributed by atoms with Gasteiger partial charge in [0.2, 0.25) is 0 Å². The average molecular weight is 215 g/mol. The van der Waals surface area contributed by atoms with Crippen molar-refractivity contribution in [3.8, 4) is 0 Å². The van der Waals surface area contributed by atoms with E-state index < -0.39 is 26.7 Å². The summed E-state index contributed by atoms with van der Waals surface area (Å²) >= 11 is 0. The molecule has 2 aliphatic rings. The minimum atomic E-state index is -4.61. The Labute approximate surface area is 73.2 Å². The molecule has 13 heavy (non-hydrogen) atoms. The Kier molecular flexibility index (Phi) is 1.56. The number of nitrogens with one attached hydrogen (secondary N) is 1. The van der Waals surface area contributed by atoms with Crippen LogP contribution in [0.5, 0.6) is 0 Å². The molecular formula is C6H8F3NO2S. The summed E-state index contributed by atoms with van der Waals surface area (Å²) in [6, 6.07) is 0. The number of rotatable bonds is 0. The van der Waals surface area contributed by atoms with Gasteiger partial charge in [0, 0.05) is 18.5 Å². The summed E-state index contributed by atoms with van der Waals surface area (Å²) < 4.78 is 58.8. The van der Waals surface area contributed by atoms with Crippen molar-refractivity contribution in [2.45, 2.75) is 11.4 Å². The summed E-state index contributed by atoms with van der Waals surface area (Å²) in [6.45, 7) is 0.326. The van der Waals surface area contributed by atoms with E-state index in [1.54, 1.807) is 0 Å². The predicted molar refractivity (Wildman–Crippen MR) is 38.9 cm³/mol. The van der Waals surface area contributed by atoms with Crippen LogP contribution in [0.4, 0.5) is 13.2 Å². The van der Waals surface area contributed by atoms with Crippen molar-refractivity contribution in [1.29, 1.82) is 0 Å². The molecule has 7 heteroatoms. The van der Waals surface area contributed by atoms with Crippen LogP contribution in [0.15, 0.2) is 0 Å². The van der Waals surface area contributed by atoms with Crippen LogP contribution in [0.1, 0.15) is 0 Å². The van der Waals surface area contributed by atoms with E-state index in [1.165, 1.54) is 0 Å². The van der Waals surface area contributed by atoms with Crippen LogP contribution in [0.25, 0.3) is 0 Å². The second-order valence-corrected chi connectivity index (χ2v) is 5.78. The lowest BCUT2D eigenvalue weighted by molar-refractivity contribution is -0.163. The molecule has 0 aromatic carbocycles. The third-order valence-electron chi connectivity index (χ3n) is 2.66. The highest BCUT2D eigenvalue weighted by Gasteiger charge is 2.71. The third kappa shape index (κ3) is 1.10. The van der Waals surface area contributed by atoms with Crippen molar-refractivity contribution in [2.24, 2.45) is 5.41 Å². The van der Waals surface area contributed by atoms with Crippen molar-refractivity contribution >= 4 is 9.84 Å². The number of hydrogen-bond donors (Lipinski definition) is 1. The first-order valence-corrected chi connectivity index (χ1v) is 5.49. The molecule has 2 aliphatic heterocycles. The summed E-state index contributed by atoms with van der Waals surface area (Å²) in [5.41, 5.74) is -1.04. The largest absolute Gasteiger partial charge is 0.406 e. The minimum absolute atomic E-state index is 0.163. The second-order valence-electron chi connectivity index (χ2n) is 3.69. The van der Waals surface area contributed by atoms with Crippen molar-refractivity contribution in [3.05, 3.63) is 0 Å². The van der Waals surface area contributed by atoms with Crippen LogP contribution in [0.3, 0.4) is 0 Å². The molecule has 0 amide bonds. The zero-order valence-corrected chi connectivity index (χ0v) is 7.37. The Hall–Kier alpha value is -0.300. The fraction of sp³-hybridized carbons (Fsp3) is 1.00. The lowest BCUT2D eigenvalue weighted by Gasteiger charge is -2.54. The summed E-state index contributed by atoms with van der Waals surface area (Å²) in [6.07, 6.45) is -4.61. The molecule has 2 heterocycles. The molecule has 0 aromatic rings. The van der Waals surface area contributed by atoms with Gasteiger partial charge in [-0.25, -0.2) is 8.42 Å². The number of hydrogen-bond acceptors (Lipinski definition) is 3. The molecule has 1 N–H and O–H groups in total. The summed E-state index contributed by atoms with van der Waals surface area (Å²) in [7, 11) is -3.91. The molecule has 2 saturated heterocycles. The highest BCUT2D eigenvalue weighted by atomic mass is 32.2. The normalized spacial score (nSPS) is 35.2. The molecule has 3 nitrogen and oxygen atoms in total. The molecule has 0 saturated carbocycles. The first kappa shape index (κ1) is 9.26. The van der Waals surface area contributed by atoms with E-state index in [0.717, 1.165) is 0 Å². The first-order chi connectivity index (χ1) is 5.78. The fourth-order valence-corrected chi connectivity index (χ4v) is 4.59. The van der Waals surface area contributed by atoms with Crippen LogP contribution in [-0.2, 0) is 9.84 Å². The predicted octanol–water partition coefficient (Wildman–Crippen LogP) is -0.0647. The van der Waals surface area contributed by atoms with Gasteiger partial charge in [-0.05, 0) is 0 Å². The zero-order chi connectivity index (χ0) is 9.91. The maximum absolute atomic E-state index is 12.3. The van der Waals surface area contributed by atoms with Gasteiger partial charge in [0.25, 0.3) is 0 Å². The van der Waals surface area contributed by atoms with Gasteiger partial charge in [-0.2, -0.15) is 13.2 Å². The van der Waals surface area contributed by atoms with E-state index in [9.17, 15) is 21.6 Å². The smallest absolute Gasteiger partial charge is 0.315 e. The zero-order valence-electron chi connectivity index (χ0n) is 6.56. The van der Waals surface area contributed by atoms with E-state index >= 15 is 0 Å². The topological polar surface area (TPSA) is 46.2 Å². The molecule has 0 unspecified atom stereocenters. The van der Waals surface area contributed by atoms with E-state index in [2.05, 4.69) is 5.32 Å². The lowest BCUT2D eigenvalue weighted by atomic mass is 9.78. The quantitative estimate of drug-likeness (QED) is 0.615. The highest BCUT2D eigenvalue weighted by molar-refractivity contribution is 7.93. The van der Waals surface area contributed by atoms with Gasteiger partial charge in [0.1, 0.15) is 0 Å². The van der Waals surface area contributed by atoms with Crippen molar-refractivity contribution < 1.29 is 21.6 Å². The molecular weight excluding hydrogens is 207 g/mol. The maximum atomic E-state index is 12.3. The highest BCUT2D eigenvalue weighted by Crippen LogP contribution is 2.50. The Bertz CT molecular complexity index is 330. The van der Waals surface area contributed by atoms with Crippen molar-refractivity contribution in [3.63, 3.8) is 0 Å². The second kappa shape index (κ2) is 2.20. The molecule has 0 aliphatic carbocycles. The van der Waals surface area contributed by atoms with Gasteiger partial charge < -0.3 is 5.32 Å². The molecule has 1 spiro atoms. The van der Waals surface area contributed by atoms with E-state index in [0.29, 0.717) is 0 Å². The van der Waals surface area contributed by atoms with Crippen LogP contribution in [0.2, 0.25) is 0 Å². The van der Waals surface area contributed by atoms with Gasteiger partial charge in [-0.3, -0.25) is 0 Å². The minimum Gasteiger partial charge on any atom is -0.315 e. The third-order valence-corrected chi connectivity index (χ3v) is 5.12. The summed E-state index contributed by atoms with van der Waals surface area (Å²) in [5, 5.41) is 0.549. The molecule has 0 bridgehead atoms. The number of halogens is 3. The number of sulfone groups is 1. The fourth-order valence-electron chi connectivity index (χ4n) is 2.13. The molecule has 0 radical (unpaired) electrons. The van der Waals surface area contributed by atoms with Crippen molar-refractivity contribution in [2.75, 3.05) is 18.8 Å². The van der Waals surface area contributed by atoms with Crippen LogP contribution in [-0.4, -0.2) is 38.7 Å². The Morgan fingerprint density at radius 3 is 2.00 bits per heavy atom. The Morgan fingerprint density at radius 1 is 1.31 bits per heavy atom. The van der Waals surface area contributed by atoms with Crippen molar-refractivity contribution in [1.82, 2.24) is 5.32 Å². The van der Waals surface area contributed by atoms with Crippen LogP contribution >= 0.6 is 0 Å². The number of alkyl halides is 3.